The fourth-order valence-electron chi connectivity index (χ4n) is 1.39. The van der Waals surface area contributed by atoms with E-state index >= 15 is 0 Å². The maximum absolute atomic E-state index is 3.45. The second-order valence-corrected chi connectivity index (χ2v) is 3.57. The average molecular weight is 202 g/mol. The topological polar surface area (TPSA) is 15.3 Å². The Morgan fingerprint density at radius 2 is 1.64 bits per heavy atom. The number of hydrogen-bond acceptors (Lipinski definition) is 2. The van der Waals surface area contributed by atoms with Gasteiger partial charge in [0, 0.05) is 12.1 Å². The van der Waals surface area contributed by atoms with Gasteiger partial charge in [0.15, 0.2) is 0 Å². The van der Waals surface area contributed by atoms with Crippen LogP contribution in [-0.4, -0.2) is 37.1 Å². The van der Waals surface area contributed by atoms with Crippen LogP contribution in [0.4, 0.5) is 0 Å². The number of likely N-dealkylation sites (N-methyl/N-ethyl adjacent to an activating group) is 1. The second kappa shape index (κ2) is 9.47. The lowest BCUT2D eigenvalue weighted by Crippen LogP contribution is -2.60. The molecule has 1 saturated heterocycles. The van der Waals surface area contributed by atoms with Gasteiger partial charge in [-0.2, -0.15) is 0 Å². The molecule has 2 heteroatoms. The molecule has 0 aliphatic carbocycles. The van der Waals surface area contributed by atoms with Crippen molar-refractivity contribution in [1.29, 1.82) is 0 Å². The molecule has 1 unspecified atom stereocenters. The van der Waals surface area contributed by atoms with Gasteiger partial charge in [0.2, 0.25) is 0 Å². The highest BCUT2D eigenvalue weighted by Crippen LogP contribution is 2.17. The Morgan fingerprint density at radius 3 is 1.86 bits per heavy atom. The fourth-order valence-corrected chi connectivity index (χ4v) is 1.39. The van der Waals surface area contributed by atoms with Gasteiger partial charge in [-0.05, 0) is 33.5 Å². The van der Waals surface area contributed by atoms with E-state index < -0.39 is 0 Å². The first-order valence-corrected chi connectivity index (χ1v) is 6.10. The summed E-state index contributed by atoms with van der Waals surface area (Å²) >= 11 is 0. The average Bonchev–Trinajstić information content (AvgIpc) is 2.21. The number of nitrogens with one attached hydrogen (secondary N) is 1. The Balaban J connectivity index is 0. The summed E-state index contributed by atoms with van der Waals surface area (Å²) in [6.45, 7) is 16.0. The maximum Gasteiger partial charge on any atom is 0.0292 e. The molecule has 0 radical (unpaired) electrons. The molecule has 88 valence electrons. The molecule has 0 aromatic heterocycles. The quantitative estimate of drug-likeness (QED) is 0.757. The normalized spacial score (nSPS) is 24.0. The Morgan fingerprint density at radius 1 is 1.21 bits per heavy atom. The third kappa shape index (κ3) is 6.39. The van der Waals surface area contributed by atoms with Gasteiger partial charge in [-0.15, -0.1) is 0 Å². The minimum absolute atomic E-state index is 0.421. The highest BCUT2D eigenvalue weighted by atomic mass is 15.2. The van der Waals surface area contributed by atoms with Crippen molar-refractivity contribution in [3.63, 3.8) is 0 Å². The van der Waals surface area contributed by atoms with E-state index in [4.69, 9.17) is 0 Å². The zero-order chi connectivity index (χ0) is 11.6. The van der Waals surface area contributed by atoms with E-state index in [0.29, 0.717) is 5.54 Å². The molecule has 1 N–H and O–H groups in total. The molecule has 1 aliphatic heterocycles. The zero-order valence-corrected chi connectivity index (χ0v) is 11.3. The van der Waals surface area contributed by atoms with Gasteiger partial charge in [-0.1, -0.05) is 34.6 Å². The molecule has 0 spiro atoms. The Labute approximate surface area is 91.1 Å². The van der Waals surface area contributed by atoms with Crippen molar-refractivity contribution in [3.05, 3.63) is 0 Å². The largest absolute Gasteiger partial charge is 0.310 e. The van der Waals surface area contributed by atoms with Gasteiger partial charge in [-0.25, -0.2) is 0 Å². The van der Waals surface area contributed by atoms with Crippen molar-refractivity contribution in [3.8, 4) is 0 Å². The summed E-state index contributed by atoms with van der Waals surface area (Å²) in [5.74, 6) is 0. The minimum atomic E-state index is 0.421. The highest BCUT2D eigenvalue weighted by molar-refractivity contribution is 4.94. The van der Waals surface area contributed by atoms with Crippen LogP contribution < -0.4 is 5.32 Å². The zero-order valence-electron chi connectivity index (χ0n) is 11.3. The summed E-state index contributed by atoms with van der Waals surface area (Å²) in [5.41, 5.74) is 0.421. The molecule has 0 aromatic carbocycles. The number of rotatable bonds is 3. The first kappa shape index (κ1) is 16.4. The Hall–Kier alpha value is -0.0800. The van der Waals surface area contributed by atoms with Gasteiger partial charge in [0.05, 0.1) is 0 Å². The Bertz CT molecular complexity index is 109. The fraction of sp³-hybridized carbons (Fsp3) is 1.00. The van der Waals surface area contributed by atoms with Crippen molar-refractivity contribution in [1.82, 2.24) is 10.2 Å². The molecular weight excluding hydrogens is 172 g/mol. The molecule has 0 aromatic rings. The van der Waals surface area contributed by atoms with Crippen LogP contribution in [0.5, 0.6) is 0 Å². The molecule has 1 atom stereocenters. The van der Waals surface area contributed by atoms with Crippen LogP contribution in [0.1, 0.15) is 48.0 Å². The van der Waals surface area contributed by atoms with Gasteiger partial charge in [0.1, 0.15) is 0 Å². The third-order valence-electron chi connectivity index (χ3n) is 2.39. The van der Waals surface area contributed by atoms with Crippen LogP contribution in [-0.2, 0) is 0 Å². The van der Waals surface area contributed by atoms with Crippen LogP contribution in [0.3, 0.4) is 0 Å². The van der Waals surface area contributed by atoms with Crippen LogP contribution in [0, 0.1) is 0 Å². The van der Waals surface area contributed by atoms with E-state index in [1.54, 1.807) is 0 Å². The molecule has 1 fully saturated rings. The van der Waals surface area contributed by atoms with E-state index in [2.05, 4.69) is 31.1 Å². The van der Waals surface area contributed by atoms with Gasteiger partial charge < -0.3 is 10.2 Å². The summed E-state index contributed by atoms with van der Waals surface area (Å²) in [5, 5.41) is 3.45. The van der Waals surface area contributed by atoms with Crippen molar-refractivity contribution in [2.75, 3.05) is 26.7 Å². The van der Waals surface area contributed by atoms with Crippen molar-refractivity contribution in [2.45, 2.75) is 53.5 Å². The van der Waals surface area contributed by atoms with Crippen LogP contribution >= 0.6 is 0 Å². The van der Waals surface area contributed by atoms with E-state index in [0.717, 1.165) is 6.54 Å². The lowest BCUT2D eigenvalue weighted by Gasteiger charge is -2.42. The molecular formula is C12H30N2. The van der Waals surface area contributed by atoms with Gasteiger partial charge in [0.25, 0.3) is 0 Å². The molecule has 1 heterocycles. The minimum Gasteiger partial charge on any atom is -0.310 e. The maximum atomic E-state index is 3.45. The lowest BCUT2D eigenvalue weighted by molar-refractivity contribution is 0.159. The summed E-state index contributed by atoms with van der Waals surface area (Å²) in [4.78, 5) is 2.35. The SMILES string of the molecule is CC.CC.CCN(C)CC1(C)CCN1. The predicted molar refractivity (Wildman–Crippen MR) is 66.9 cm³/mol. The molecule has 1 rings (SSSR count). The summed E-state index contributed by atoms with van der Waals surface area (Å²) in [7, 11) is 2.17. The molecule has 1 aliphatic rings. The predicted octanol–water partition coefficient (Wildman–Crippen LogP) is 2.74. The summed E-state index contributed by atoms with van der Waals surface area (Å²) in [6, 6.07) is 0. The van der Waals surface area contributed by atoms with E-state index in [9.17, 15) is 0 Å². The van der Waals surface area contributed by atoms with Crippen molar-refractivity contribution < 1.29 is 0 Å². The van der Waals surface area contributed by atoms with E-state index in [-0.39, 0.29) is 0 Å². The van der Waals surface area contributed by atoms with Crippen LogP contribution in [0.2, 0.25) is 0 Å². The summed E-state index contributed by atoms with van der Waals surface area (Å²) < 4.78 is 0. The van der Waals surface area contributed by atoms with Gasteiger partial charge >= 0.3 is 0 Å². The smallest absolute Gasteiger partial charge is 0.0292 e. The summed E-state index contributed by atoms with van der Waals surface area (Å²) in [6.07, 6.45) is 1.33. The van der Waals surface area contributed by atoms with E-state index in [1.165, 1.54) is 19.5 Å². The number of hydrogen-bond donors (Lipinski definition) is 1. The number of nitrogens with zero attached hydrogens (tertiary/aromatic N) is 1. The molecule has 2 nitrogen and oxygen atoms in total. The van der Waals surface area contributed by atoms with E-state index in [1.807, 2.05) is 27.7 Å². The standard InChI is InChI=1S/C8H18N2.2C2H6/c1-4-10(3)7-8(2)5-6-9-8;2*1-2/h9H,4-7H2,1-3H3;2*1-2H3. The van der Waals surface area contributed by atoms with Crippen LogP contribution in [0.25, 0.3) is 0 Å². The first-order chi connectivity index (χ1) is 6.66. The molecule has 0 saturated carbocycles. The van der Waals surface area contributed by atoms with Gasteiger partial charge in [-0.3, -0.25) is 0 Å². The molecule has 0 bridgehead atoms. The highest BCUT2D eigenvalue weighted by Gasteiger charge is 2.31. The Kier molecular flexibility index (Phi) is 11.1. The lowest BCUT2D eigenvalue weighted by atomic mass is 9.90. The van der Waals surface area contributed by atoms with Crippen molar-refractivity contribution >= 4 is 0 Å². The molecule has 14 heavy (non-hydrogen) atoms. The molecule has 0 amide bonds. The van der Waals surface area contributed by atoms with Crippen LogP contribution in [0.15, 0.2) is 0 Å². The third-order valence-corrected chi connectivity index (χ3v) is 2.39. The first-order valence-electron chi connectivity index (χ1n) is 6.10. The second-order valence-electron chi connectivity index (χ2n) is 3.57. The van der Waals surface area contributed by atoms with Crippen molar-refractivity contribution in [2.24, 2.45) is 0 Å². The monoisotopic (exact) mass is 202 g/mol.